The average Bonchev–Trinajstić information content (AvgIpc) is 3.13. The molecule has 0 atom stereocenters. The van der Waals surface area contributed by atoms with Crippen LogP contribution in [0.15, 0.2) is 35.5 Å². The lowest BCUT2D eigenvalue weighted by molar-refractivity contribution is -0.125. The molecule has 3 rings (SSSR count). The number of hydrogen-bond donors (Lipinski definition) is 4. The molecule has 1 saturated carbocycles. The fraction of sp³-hybridized carbons (Fsp3) is 0.524. The van der Waals surface area contributed by atoms with E-state index in [1.165, 1.54) is 35.7 Å². The number of hydrogen-bond acceptors (Lipinski definition) is 2. The third-order valence-corrected chi connectivity index (χ3v) is 5.28. The molecular formula is C21H31N5O. The van der Waals surface area contributed by atoms with E-state index in [0.29, 0.717) is 13.1 Å². The van der Waals surface area contributed by atoms with Crippen molar-refractivity contribution in [3.8, 4) is 0 Å². The Bertz CT molecular complexity index is 761. The summed E-state index contributed by atoms with van der Waals surface area (Å²) < 4.78 is 0. The molecule has 146 valence electrons. The smallest absolute Gasteiger partial charge is 0.223 e. The molecule has 0 spiro atoms. The predicted octanol–water partition coefficient (Wildman–Crippen LogP) is 2.57. The molecule has 1 aromatic carbocycles. The SMILES string of the molecule is CN=C(NCCNC(=O)C1CCCCC1)NCCc1c[nH]c2ccccc12. The first-order valence-corrected chi connectivity index (χ1v) is 10.0. The third-order valence-electron chi connectivity index (χ3n) is 5.28. The molecule has 1 aliphatic rings. The number of carbonyl (C=O) groups is 1. The maximum atomic E-state index is 12.1. The number of guanidine groups is 1. The molecule has 1 heterocycles. The molecule has 0 bridgehead atoms. The van der Waals surface area contributed by atoms with Crippen LogP contribution >= 0.6 is 0 Å². The first-order valence-electron chi connectivity index (χ1n) is 10.0. The Morgan fingerprint density at radius 1 is 1.07 bits per heavy atom. The number of aromatic nitrogens is 1. The Morgan fingerprint density at radius 3 is 2.63 bits per heavy atom. The van der Waals surface area contributed by atoms with Crippen molar-refractivity contribution < 1.29 is 4.79 Å². The van der Waals surface area contributed by atoms with E-state index in [2.05, 4.69) is 50.3 Å². The lowest BCUT2D eigenvalue weighted by Gasteiger charge is -2.21. The second-order valence-corrected chi connectivity index (χ2v) is 7.16. The molecule has 1 aliphatic carbocycles. The molecule has 0 radical (unpaired) electrons. The van der Waals surface area contributed by atoms with Crippen LogP contribution in [0.4, 0.5) is 0 Å². The van der Waals surface area contributed by atoms with Gasteiger partial charge in [-0.15, -0.1) is 0 Å². The van der Waals surface area contributed by atoms with Gasteiger partial charge in [0.15, 0.2) is 5.96 Å². The lowest BCUT2D eigenvalue weighted by Crippen LogP contribution is -2.43. The minimum Gasteiger partial charge on any atom is -0.361 e. The van der Waals surface area contributed by atoms with E-state index in [4.69, 9.17) is 0 Å². The maximum Gasteiger partial charge on any atom is 0.223 e. The van der Waals surface area contributed by atoms with E-state index in [0.717, 1.165) is 31.8 Å². The fourth-order valence-electron chi connectivity index (χ4n) is 3.75. The number of benzene rings is 1. The number of carbonyl (C=O) groups excluding carboxylic acids is 1. The summed E-state index contributed by atoms with van der Waals surface area (Å²) in [5.74, 6) is 1.19. The van der Waals surface area contributed by atoms with Gasteiger partial charge in [0.2, 0.25) is 5.91 Å². The van der Waals surface area contributed by atoms with Crippen molar-refractivity contribution in [1.82, 2.24) is 20.9 Å². The number of amides is 1. The van der Waals surface area contributed by atoms with Gasteiger partial charge in [-0.1, -0.05) is 37.5 Å². The highest BCUT2D eigenvalue weighted by molar-refractivity contribution is 5.83. The van der Waals surface area contributed by atoms with Crippen molar-refractivity contribution in [1.29, 1.82) is 0 Å². The van der Waals surface area contributed by atoms with Gasteiger partial charge in [-0.05, 0) is 30.9 Å². The summed E-state index contributed by atoms with van der Waals surface area (Å²) in [5, 5.41) is 10.9. The van der Waals surface area contributed by atoms with Gasteiger partial charge in [0.1, 0.15) is 0 Å². The van der Waals surface area contributed by atoms with E-state index >= 15 is 0 Å². The Morgan fingerprint density at radius 2 is 1.81 bits per heavy atom. The van der Waals surface area contributed by atoms with Crippen LogP contribution in [0.25, 0.3) is 10.9 Å². The van der Waals surface area contributed by atoms with Crippen molar-refractivity contribution in [3.63, 3.8) is 0 Å². The molecule has 1 fully saturated rings. The summed E-state index contributed by atoms with van der Waals surface area (Å²) >= 11 is 0. The Balaban J connectivity index is 1.34. The number of nitrogens with zero attached hydrogens (tertiary/aromatic N) is 1. The summed E-state index contributed by atoms with van der Waals surface area (Å²) in [5.41, 5.74) is 2.47. The molecule has 4 N–H and O–H groups in total. The predicted molar refractivity (Wildman–Crippen MR) is 111 cm³/mol. The number of nitrogens with one attached hydrogen (secondary N) is 4. The normalized spacial score (nSPS) is 15.7. The van der Waals surface area contributed by atoms with Gasteiger partial charge in [-0.3, -0.25) is 9.79 Å². The second kappa shape index (κ2) is 10.00. The van der Waals surface area contributed by atoms with Crippen LogP contribution in [-0.2, 0) is 11.2 Å². The minimum atomic E-state index is 0.207. The largest absolute Gasteiger partial charge is 0.361 e. The number of aromatic amines is 1. The molecule has 0 unspecified atom stereocenters. The summed E-state index contributed by atoms with van der Waals surface area (Å²) in [6.07, 6.45) is 8.71. The zero-order valence-electron chi connectivity index (χ0n) is 16.2. The average molecular weight is 370 g/mol. The molecule has 27 heavy (non-hydrogen) atoms. The molecule has 0 saturated heterocycles. The van der Waals surface area contributed by atoms with E-state index in [-0.39, 0.29) is 11.8 Å². The third kappa shape index (κ3) is 5.49. The van der Waals surface area contributed by atoms with E-state index < -0.39 is 0 Å². The Kier molecular flexibility index (Phi) is 7.13. The first-order chi connectivity index (χ1) is 13.3. The van der Waals surface area contributed by atoms with Gasteiger partial charge in [-0.2, -0.15) is 0 Å². The molecular weight excluding hydrogens is 338 g/mol. The van der Waals surface area contributed by atoms with Crippen LogP contribution in [0.3, 0.4) is 0 Å². The minimum absolute atomic E-state index is 0.207. The fourth-order valence-corrected chi connectivity index (χ4v) is 3.75. The Hall–Kier alpha value is -2.50. The molecule has 2 aromatic rings. The van der Waals surface area contributed by atoms with Crippen molar-refractivity contribution >= 4 is 22.8 Å². The quantitative estimate of drug-likeness (QED) is 0.344. The van der Waals surface area contributed by atoms with Gasteiger partial charge < -0.3 is 20.9 Å². The molecule has 1 amide bonds. The second-order valence-electron chi connectivity index (χ2n) is 7.16. The van der Waals surface area contributed by atoms with Crippen molar-refractivity contribution in [3.05, 3.63) is 36.0 Å². The summed E-state index contributed by atoms with van der Waals surface area (Å²) in [7, 11) is 1.77. The topological polar surface area (TPSA) is 81.3 Å². The van der Waals surface area contributed by atoms with E-state index in [1.54, 1.807) is 7.05 Å². The highest BCUT2D eigenvalue weighted by Gasteiger charge is 2.20. The van der Waals surface area contributed by atoms with E-state index in [9.17, 15) is 4.79 Å². The van der Waals surface area contributed by atoms with Crippen LogP contribution in [0.2, 0.25) is 0 Å². The van der Waals surface area contributed by atoms with Gasteiger partial charge in [0, 0.05) is 49.7 Å². The zero-order valence-corrected chi connectivity index (χ0v) is 16.2. The van der Waals surface area contributed by atoms with Crippen LogP contribution in [0.5, 0.6) is 0 Å². The van der Waals surface area contributed by atoms with Crippen LogP contribution in [0, 0.1) is 5.92 Å². The monoisotopic (exact) mass is 369 g/mol. The highest BCUT2D eigenvalue weighted by Crippen LogP contribution is 2.23. The van der Waals surface area contributed by atoms with Gasteiger partial charge in [0.25, 0.3) is 0 Å². The summed E-state index contributed by atoms with van der Waals surface area (Å²) in [6, 6.07) is 8.34. The molecule has 6 heteroatoms. The number of aliphatic imine (C=N–C) groups is 1. The molecule has 0 aliphatic heterocycles. The number of rotatable bonds is 7. The first kappa shape index (κ1) is 19.3. The van der Waals surface area contributed by atoms with Gasteiger partial charge in [-0.25, -0.2) is 0 Å². The van der Waals surface area contributed by atoms with Crippen molar-refractivity contribution in [2.24, 2.45) is 10.9 Å². The van der Waals surface area contributed by atoms with Crippen LogP contribution in [0.1, 0.15) is 37.7 Å². The lowest BCUT2D eigenvalue weighted by atomic mass is 9.89. The van der Waals surface area contributed by atoms with Gasteiger partial charge >= 0.3 is 0 Å². The summed E-state index contributed by atoms with van der Waals surface area (Å²) in [4.78, 5) is 19.7. The standard InChI is InChI=1S/C21H31N5O/c1-22-21(25-14-13-23-20(27)16-7-3-2-4-8-16)24-12-11-17-15-26-19-10-6-5-9-18(17)19/h5-6,9-10,15-16,26H,2-4,7-8,11-14H2,1H3,(H,23,27)(H2,22,24,25). The maximum absolute atomic E-state index is 12.1. The Labute approximate surface area is 161 Å². The van der Waals surface area contributed by atoms with E-state index in [1.807, 2.05) is 6.07 Å². The summed E-state index contributed by atoms with van der Waals surface area (Å²) in [6.45, 7) is 2.10. The number of H-pyrrole nitrogens is 1. The van der Waals surface area contributed by atoms with Crippen LogP contribution in [-0.4, -0.2) is 43.5 Å². The van der Waals surface area contributed by atoms with Crippen LogP contribution < -0.4 is 16.0 Å². The van der Waals surface area contributed by atoms with Crippen molar-refractivity contribution in [2.75, 3.05) is 26.7 Å². The number of fused-ring (bicyclic) bond motifs is 1. The zero-order chi connectivity index (χ0) is 18.9. The molecule has 1 aromatic heterocycles. The number of para-hydroxylation sites is 1. The van der Waals surface area contributed by atoms with Crippen molar-refractivity contribution in [2.45, 2.75) is 38.5 Å². The van der Waals surface area contributed by atoms with Gasteiger partial charge in [0.05, 0.1) is 0 Å². The highest BCUT2D eigenvalue weighted by atomic mass is 16.1. The molecule has 6 nitrogen and oxygen atoms in total.